The summed E-state index contributed by atoms with van der Waals surface area (Å²) in [6.07, 6.45) is 4.88. The lowest BCUT2D eigenvalue weighted by atomic mass is 10.1. The van der Waals surface area contributed by atoms with Gasteiger partial charge in [0.1, 0.15) is 0 Å². The summed E-state index contributed by atoms with van der Waals surface area (Å²) in [5.41, 5.74) is 5.67. The van der Waals surface area contributed by atoms with Crippen molar-refractivity contribution in [2.24, 2.45) is 5.73 Å². The number of β-amino-alcohol motifs (C(OH)–C–C–N with tert-alkyl or cyclic N) is 1. The van der Waals surface area contributed by atoms with Crippen LogP contribution in [-0.4, -0.2) is 107 Å². The third-order valence-corrected chi connectivity index (χ3v) is 5.84. The second kappa shape index (κ2) is 16.5. The number of nitrogens with two attached hydrogens (primary N) is 1. The van der Waals surface area contributed by atoms with Crippen molar-refractivity contribution in [1.82, 2.24) is 30.7 Å². The summed E-state index contributed by atoms with van der Waals surface area (Å²) in [5.74, 6) is 0. The van der Waals surface area contributed by atoms with E-state index >= 15 is 0 Å². The largest absolute Gasteiger partial charge is 0.391 e. The van der Waals surface area contributed by atoms with Gasteiger partial charge in [0.2, 0.25) is 0 Å². The number of rotatable bonds is 3. The fraction of sp³-hybridized carbons (Fsp3) is 0.880. The quantitative estimate of drug-likeness (QED) is 0.392. The molecule has 3 fully saturated rings. The van der Waals surface area contributed by atoms with Gasteiger partial charge in [-0.25, -0.2) is 14.4 Å². The van der Waals surface area contributed by atoms with Crippen molar-refractivity contribution >= 4 is 18.1 Å². The average Bonchev–Trinajstić information content (AvgIpc) is 3.42. The summed E-state index contributed by atoms with van der Waals surface area (Å²) in [5, 5.41) is 17.7. The maximum atomic E-state index is 11.4. The van der Waals surface area contributed by atoms with Crippen LogP contribution >= 0.6 is 0 Å². The standard InChI is InChI=1S/C9H18N2O.C8H17N3O.C8H16N2O2/c1-8(2)10-9(12)11-6-4-3-5-7-11;1-6(2)10-8(12)11-4-3-7(9)5-11;1-6(2)9-8(12)10-4-3-7(11)5-10/h8H,3-7H2,1-2H3,(H,10,12);6-7H,3-5,9H2,1-2H3,(H,10,12);6-7,11H,3-5H2,1-2H3,(H,9,12). The van der Waals surface area contributed by atoms with Crippen molar-refractivity contribution in [2.45, 2.75) is 104 Å². The zero-order chi connectivity index (χ0) is 27.3. The first-order valence-electron chi connectivity index (χ1n) is 13.5. The van der Waals surface area contributed by atoms with E-state index < -0.39 is 0 Å². The van der Waals surface area contributed by atoms with Crippen LogP contribution in [0.15, 0.2) is 0 Å². The SMILES string of the molecule is CC(C)NC(=O)N1CCC(N)C1.CC(C)NC(=O)N1CCC(O)C1.CC(C)NC(=O)N1CCCCC1. The number of nitrogens with one attached hydrogen (secondary N) is 3. The molecule has 0 spiro atoms. The second-order valence-corrected chi connectivity index (χ2v) is 10.7. The third-order valence-electron chi connectivity index (χ3n) is 5.84. The van der Waals surface area contributed by atoms with Gasteiger partial charge in [-0.1, -0.05) is 0 Å². The number of hydrogen-bond donors (Lipinski definition) is 5. The Balaban J connectivity index is 0.000000270. The van der Waals surface area contributed by atoms with E-state index in [1.54, 1.807) is 9.80 Å². The Labute approximate surface area is 217 Å². The van der Waals surface area contributed by atoms with Crippen molar-refractivity contribution in [3.63, 3.8) is 0 Å². The van der Waals surface area contributed by atoms with Crippen molar-refractivity contribution < 1.29 is 19.5 Å². The molecule has 2 atom stereocenters. The highest BCUT2D eigenvalue weighted by Crippen LogP contribution is 2.09. The smallest absolute Gasteiger partial charge is 0.317 e. The number of urea groups is 3. The molecule has 11 nitrogen and oxygen atoms in total. The molecular weight excluding hydrogens is 462 g/mol. The molecule has 3 rings (SSSR count). The minimum atomic E-state index is -0.331. The zero-order valence-electron chi connectivity index (χ0n) is 23.3. The molecule has 210 valence electrons. The van der Waals surface area contributed by atoms with Gasteiger partial charge < -0.3 is 41.5 Å². The van der Waals surface area contributed by atoms with E-state index in [0.29, 0.717) is 26.1 Å². The van der Waals surface area contributed by atoms with E-state index in [1.807, 2.05) is 46.4 Å². The molecule has 0 aromatic rings. The van der Waals surface area contributed by atoms with Crippen LogP contribution in [0.25, 0.3) is 0 Å². The minimum absolute atomic E-state index is 0.0120. The first-order valence-corrected chi connectivity index (χ1v) is 13.5. The lowest BCUT2D eigenvalue weighted by molar-refractivity contribution is 0.171. The van der Waals surface area contributed by atoms with E-state index in [-0.39, 0.29) is 48.4 Å². The van der Waals surface area contributed by atoms with Crippen molar-refractivity contribution in [3.05, 3.63) is 0 Å². The topological polar surface area (TPSA) is 143 Å². The van der Waals surface area contributed by atoms with Gasteiger partial charge in [-0.2, -0.15) is 0 Å². The van der Waals surface area contributed by atoms with Gasteiger partial charge >= 0.3 is 18.1 Å². The highest BCUT2D eigenvalue weighted by molar-refractivity contribution is 5.75. The van der Waals surface area contributed by atoms with Gasteiger partial charge in [-0.15, -0.1) is 0 Å². The normalized spacial score (nSPS) is 21.6. The highest BCUT2D eigenvalue weighted by atomic mass is 16.3. The van der Waals surface area contributed by atoms with E-state index in [9.17, 15) is 14.4 Å². The Kier molecular flexibility index (Phi) is 14.5. The molecule has 3 aliphatic rings. The molecule has 11 heteroatoms. The number of aliphatic hydroxyl groups is 1. The molecule has 6 amide bonds. The van der Waals surface area contributed by atoms with Crippen molar-refractivity contribution in [1.29, 1.82) is 0 Å². The Morgan fingerprint density at radius 3 is 1.44 bits per heavy atom. The summed E-state index contributed by atoms with van der Waals surface area (Å²) < 4.78 is 0. The maximum absolute atomic E-state index is 11.4. The summed E-state index contributed by atoms with van der Waals surface area (Å²) in [6, 6.07) is 0.830. The molecule has 0 bridgehead atoms. The second-order valence-electron chi connectivity index (χ2n) is 10.7. The molecule has 3 aliphatic heterocycles. The van der Waals surface area contributed by atoms with E-state index in [1.165, 1.54) is 6.42 Å². The number of aliphatic hydroxyl groups excluding tert-OH is 1. The van der Waals surface area contributed by atoms with E-state index in [4.69, 9.17) is 10.8 Å². The van der Waals surface area contributed by atoms with Crippen LogP contribution in [0.5, 0.6) is 0 Å². The molecule has 3 heterocycles. The lowest BCUT2D eigenvalue weighted by Gasteiger charge is -2.27. The summed E-state index contributed by atoms with van der Waals surface area (Å²) in [7, 11) is 0. The first-order chi connectivity index (χ1) is 16.9. The fourth-order valence-corrected chi connectivity index (χ4v) is 4.01. The van der Waals surface area contributed by atoms with Gasteiger partial charge in [-0.3, -0.25) is 0 Å². The lowest BCUT2D eigenvalue weighted by Crippen LogP contribution is -2.45. The fourth-order valence-electron chi connectivity index (χ4n) is 4.01. The molecule has 0 saturated carbocycles. The van der Waals surface area contributed by atoms with Crippen LogP contribution in [0.3, 0.4) is 0 Å². The number of piperidine rings is 1. The summed E-state index contributed by atoms with van der Waals surface area (Å²) in [4.78, 5) is 39.4. The van der Waals surface area contributed by atoms with Gasteiger partial charge in [0.15, 0.2) is 0 Å². The minimum Gasteiger partial charge on any atom is -0.391 e. The molecule has 0 radical (unpaired) electrons. The van der Waals surface area contributed by atoms with Crippen LogP contribution in [0.2, 0.25) is 0 Å². The third kappa shape index (κ3) is 13.2. The molecule has 0 aromatic carbocycles. The van der Waals surface area contributed by atoms with Crippen LogP contribution in [0, 0.1) is 0 Å². The van der Waals surface area contributed by atoms with Gasteiger partial charge in [0, 0.05) is 63.4 Å². The number of hydrogen-bond acceptors (Lipinski definition) is 5. The first kappa shape index (κ1) is 31.8. The molecule has 6 N–H and O–H groups in total. The zero-order valence-corrected chi connectivity index (χ0v) is 23.3. The number of nitrogens with zero attached hydrogens (tertiary/aromatic N) is 3. The maximum Gasteiger partial charge on any atom is 0.317 e. The number of amides is 6. The predicted molar refractivity (Wildman–Crippen MR) is 143 cm³/mol. The number of carbonyl (C=O) groups excluding carboxylic acids is 3. The van der Waals surface area contributed by atoms with Gasteiger partial charge in [-0.05, 0) is 73.6 Å². The van der Waals surface area contributed by atoms with Crippen LogP contribution in [-0.2, 0) is 0 Å². The predicted octanol–water partition coefficient (Wildman–Crippen LogP) is 1.90. The van der Waals surface area contributed by atoms with Gasteiger partial charge in [0.05, 0.1) is 6.10 Å². The monoisotopic (exact) mass is 513 g/mol. The highest BCUT2D eigenvalue weighted by Gasteiger charge is 2.25. The van der Waals surface area contributed by atoms with Crippen LogP contribution in [0.4, 0.5) is 14.4 Å². The number of carbonyl (C=O) groups is 3. The van der Waals surface area contributed by atoms with E-state index in [2.05, 4.69) is 16.0 Å². The molecule has 0 aliphatic carbocycles. The summed E-state index contributed by atoms with van der Waals surface area (Å²) >= 11 is 0. The Hall–Kier alpha value is -2.27. The Morgan fingerprint density at radius 1 is 0.667 bits per heavy atom. The van der Waals surface area contributed by atoms with Crippen LogP contribution < -0.4 is 21.7 Å². The average molecular weight is 514 g/mol. The van der Waals surface area contributed by atoms with Gasteiger partial charge in [0.25, 0.3) is 0 Å². The van der Waals surface area contributed by atoms with E-state index in [0.717, 1.165) is 38.9 Å². The molecule has 36 heavy (non-hydrogen) atoms. The van der Waals surface area contributed by atoms with Crippen LogP contribution in [0.1, 0.15) is 73.6 Å². The molecule has 2 unspecified atom stereocenters. The number of likely N-dealkylation sites (tertiary alicyclic amines) is 3. The van der Waals surface area contributed by atoms with Crippen molar-refractivity contribution in [3.8, 4) is 0 Å². The molecular formula is C25H51N7O4. The van der Waals surface area contributed by atoms with Crippen molar-refractivity contribution in [2.75, 3.05) is 39.3 Å². The summed E-state index contributed by atoms with van der Waals surface area (Å²) in [6.45, 7) is 16.2. The molecule has 0 aromatic heterocycles. The molecule has 3 saturated heterocycles. The Morgan fingerprint density at radius 2 is 1.08 bits per heavy atom. The Bertz CT molecular complexity index is 599.